The van der Waals surface area contributed by atoms with Crippen LogP contribution in [0.2, 0.25) is 0 Å². The van der Waals surface area contributed by atoms with Crippen molar-refractivity contribution in [3.63, 3.8) is 0 Å². The van der Waals surface area contributed by atoms with Gasteiger partial charge in [0.25, 0.3) is 0 Å². The van der Waals surface area contributed by atoms with Gasteiger partial charge in [-0.1, -0.05) is 69.8 Å². The van der Waals surface area contributed by atoms with Crippen LogP contribution in [0.25, 0.3) is 0 Å². The Balaban J connectivity index is 1.37. The monoisotopic (exact) mass is 450 g/mol. The average molecular weight is 451 g/mol. The lowest BCUT2D eigenvalue weighted by molar-refractivity contribution is -0.275. The zero-order chi connectivity index (χ0) is 23.0. The minimum absolute atomic E-state index is 0.318. The van der Waals surface area contributed by atoms with Crippen LogP contribution in [0.5, 0.6) is 5.75 Å². The lowest BCUT2D eigenvalue weighted by Crippen LogP contribution is -2.17. The first kappa shape index (κ1) is 24.7. The third-order valence-electron chi connectivity index (χ3n) is 7.24. The molecule has 0 unspecified atom stereocenters. The van der Waals surface area contributed by atoms with Gasteiger partial charge in [0, 0.05) is 5.56 Å². The summed E-state index contributed by atoms with van der Waals surface area (Å²) >= 11 is 0. The van der Waals surface area contributed by atoms with E-state index in [-0.39, 0.29) is 0 Å². The van der Waals surface area contributed by atoms with Crippen LogP contribution in [-0.2, 0) is 0 Å². The zero-order valence-electron chi connectivity index (χ0n) is 18.9. The standard InChI is InChI=1S/C27H34F4O/c1-2-20-7-9-22(10-8-20)15-16-23-13-11-21(12-14-23)5-3-4-6-24-17-18-26(25(28)19-24)32-27(29,30)31/h3,5,17-23H,2,7-16H2,1H3/b5-3+/t20-,21?,22-,23?. The summed E-state index contributed by atoms with van der Waals surface area (Å²) in [7, 11) is 0. The van der Waals surface area contributed by atoms with Gasteiger partial charge in [-0.25, -0.2) is 4.39 Å². The molecule has 0 aliphatic heterocycles. The first-order chi connectivity index (χ1) is 15.3. The Morgan fingerprint density at radius 3 is 2.09 bits per heavy atom. The molecular formula is C27H34F4O. The minimum Gasteiger partial charge on any atom is -0.403 e. The van der Waals surface area contributed by atoms with Crippen LogP contribution >= 0.6 is 0 Å². The summed E-state index contributed by atoms with van der Waals surface area (Å²) in [6.45, 7) is 2.32. The Labute approximate surface area is 189 Å². The van der Waals surface area contributed by atoms with Crippen LogP contribution in [0, 0.1) is 41.3 Å². The summed E-state index contributed by atoms with van der Waals surface area (Å²) in [5.41, 5.74) is 0.318. The molecule has 2 aliphatic carbocycles. The number of hydrogen-bond acceptors (Lipinski definition) is 1. The molecule has 0 N–H and O–H groups in total. The SMILES string of the molecule is CC[C@H]1CC[C@H](CCC2CCC(/C=C/C#Cc3ccc(OC(F)(F)F)c(F)c3)CC2)CC1. The minimum atomic E-state index is -4.91. The number of ether oxygens (including phenoxy) is 1. The highest BCUT2D eigenvalue weighted by Gasteiger charge is 2.32. The normalized spacial score (nSPS) is 26.5. The van der Waals surface area contributed by atoms with Crippen molar-refractivity contribution in [1.29, 1.82) is 0 Å². The molecule has 176 valence electrons. The molecule has 1 aromatic carbocycles. The molecule has 1 nitrogen and oxygen atoms in total. The maximum absolute atomic E-state index is 13.7. The largest absolute Gasteiger partial charge is 0.573 e. The van der Waals surface area contributed by atoms with Crippen molar-refractivity contribution in [2.45, 2.75) is 83.9 Å². The summed E-state index contributed by atoms with van der Waals surface area (Å²) < 4.78 is 53.9. The Hall–Kier alpha value is -1.96. The van der Waals surface area contributed by atoms with Crippen molar-refractivity contribution in [3.05, 3.63) is 41.7 Å². The van der Waals surface area contributed by atoms with Gasteiger partial charge in [0.15, 0.2) is 11.6 Å². The van der Waals surface area contributed by atoms with E-state index in [2.05, 4.69) is 29.6 Å². The first-order valence-electron chi connectivity index (χ1n) is 12.1. The number of halogens is 4. The lowest BCUT2D eigenvalue weighted by Gasteiger charge is -2.31. The molecule has 0 heterocycles. The molecule has 0 spiro atoms. The predicted molar refractivity (Wildman–Crippen MR) is 120 cm³/mol. The molecule has 2 fully saturated rings. The molecule has 2 saturated carbocycles. The average Bonchev–Trinajstić information content (AvgIpc) is 2.77. The molecule has 0 amide bonds. The molecule has 0 aromatic heterocycles. The van der Waals surface area contributed by atoms with Gasteiger partial charge in [-0.05, 0) is 73.6 Å². The van der Waals surface area contributed by atoms with Crippen LogP contribution in [-0.4, -0.2) is 6.36 Å². The Morgan fingerprint density at radius 2 is 1.53 bits per heavy atom. The van der Waals surface area contributed by atoms with E-state index in [1.165, 1.54) is 76.7 Å². The number of benzene rings is 1. The van der Waals surface area contributed by atoms with Crippen molar-refractivity contribution in [2.24, 2.45) is 23.7 Å². The Kier molecular flexibility index (Phi) is 9.08. The van der Waals surface area contributed by atoms with Crippen molar-refractivity contribution in [3.8, 4) is 17.6 Å². The van der Waals surface area contributed by atoms with Gasteiger partial charge >= 0.3 is 6.36 Å². The first-order valence-corrected chi connectivity index (χ1v) is 12.1. The fourth-order valence-corrected chi connectivity index (χ4v) is 5.16. The summed E-state index contributed by atoms with van der Waals surface area (Å²) in [6, 6.07) is 3.24. The van der Waals surface area contributed by atoms with Crippen molar-refractivity contribution in [2.75, 3.05) is 0 Å². The number of allylic oxidation sites excluding steroid dienone is 2. The molecular weight excluding hydrogens is 416 g/mol. The van der Waals surface area contributed by atoms with Gasteiger partial charge in [-0.3, -0.25) is 0 Å². The number of alkyl halides is 3. The van der Waals surface area contributed by atoms with E-state index in [9.17, 15) is 17.6 Å². The van der Waals surface area contributed by atoms with Crippen molar-refractivity contribution >= 4 is 0 Å². The molecule has 5 heteroatoms. The summed E-state index contributed by atoms with van der Waals surface area (Å²) in [6.07, 6.45) is 13.7. The molecule has 1 aromatic rings. The van der Waals surface area contributed by atoms with Gasteiger partial charge in [0.1, 0.15) is 0 Å². The van der Waals surface area contributed by atoms with E-state index < -0.39 is 17.9 Å². The van der Waals surface area contributed by atoms with E-state index in [1.54, 1.807) is 6.08 Å². The maximum Gasteiger partial charge on any atom is 0.573 e. The van der Waals surface area contributed by atoms with E-state index in [4.69, 9.17) is 0 Å². The smallest absolute Gasteiger partial charge is 0.403 e. The summed E-state index contributed by atoms with van der Waals surface area (Å²) in [5.74, 6) is 7.03. The second kappa shape index (κ2) is 11.8. The van der Waals surface area contributed by atoms with E-state index in [0.29, 0.717) is 11.5 Å². The summed E-state index contributed by atoms with van der Waals surface area (Å²) in [5, 5.41) is 0. The van der Waals surface area contributed by atoms with E-state index in [0.717, 1.165) is 29.9 Å². The lowest BCUT2D eigenvalue weighted by atomic mass is 9.75. The van der Waals surface area contributed by atoms with Crippen LogP contribution in [0.3, 0.4) is 0 Å². The maximum atomic E-state index is 13.7. The molecule has 0 atom stereocenters. The molecule has 0 saturated heterocycles. The van der Waals surface area contributed by atoms with Gasteiger partial charge in [0.2, 0.25) is 0 Å². The van der Waals surface area contributed by atoms with Gasteiger partial charge < -0.3 is 4.74 Å². The van der Waals surface area contributed by atoms with Crippen LogP contribution < -0.4 is 4.74 Å². The molecule has 3 rings (SSSR count). The quantitative estimate of drug-likeness (QED) is 0.312. The second-order valence-corrected chi connectivity index (χ2v) is 9.47. The molecule has 0 bridgehead atoms. The summed E-state index contributed by atoms with van der Waals surface area (Å²) in [4.78, 5) is 0. The predicted octanol–water partition coefficient (Wildman–Crippen LogP) is 8.44. The third kappa shape index (κ3) is 8.19. The highest BCUT2D eigenvalue weighted by molar-refractivity contribution is 5.41. The Morgan fingerprint density at radius 1 is 0.938 bits per heavy atom. The topological polar surface area (TPSA) is 9.23 Å². The number of rotatable bonds is 6. The van der Waals surface area contributed by atoms with Gasteiger partial charge in [-0.15, -0.1) is 13.2 Å². The number of hydrogen-bond donors (Lipinski definition) is 0. The Bertz CT molecular complexity index is 801. The molecule has 32 heavy (non-hydrogen) atoms. The third-order valence-corrected chi connectivity index (χ3v) is 7.24. The van der Waals surface area contributed by atoms with E-state index >= 15 is 0 Å². The van der Waals surface area contributed by atoms with Crippen molar-refractivity contribution < 1.29 is 22.3 Å². The zero-order valence-corrected chi connectivity index (χ0v) is 18.9. The van der Waals surface area contributed by atoms with Gasteiger partial charge in [-0.2, -0.15) is 0 Å². The highest BCUT2D eigenvalue weighted by Crippen LogP contribution is 2.37. The van der Waals surface area contributed by atoms with Crippen LogP contribution in [0.15, 0.2) is 30.4 Å². The van der Waals surface area contributed by atoms with Gasteiger partial charge in [0.05, 0.1) is 0 Å². The second-order valence-electron chi connectivity index (χ2n) is 9.47. The van der Waals surface area contributed by atoms with Crippen LogP contribution in [0.4, 0.5) is 17.6 Å². The van der Waals surface area contributed by atoms with E-state index in [1.807, 2.05) is 0 Å². The fraction of sp³-hybridized carbons (Fsp3) is 0.630. The van der Waals surface area contributed by atoms with Crippen molar-refractivity contribution in [1.82, 2.24) is 0 Å². The highest BCUT2D eigenvalue weighted by atomic mass is 19.4. The molecule has 2 aliphatic rings. The molecule has 0 radical (unpaired) electrons. The fourth-order valence-electron chi connectivity index (χ4n) is 5.16. The van der Waals surface area contributed by atoms with Crippen LogP contribution in [0.1, 0.15) is 83.1 Å².